The van der Waals surface area contributed by atoms with Crippen LogP contribution in [0, 0.1) is 0 Å². The fourth-order valence-corrected chi connectivity index (χ4v) is 0. The Bertz CT molecular complexity index is 46.2. The van der Waals surface area contributed by atoms with Crippen molar-refractivity contribution in [3.63, 3.8) is 0 Å². The molecule has 0 aromatic carbocycles. The van der Waals surface area contributed by atoms with Crippen molar-refractivity contribution in [3.8, 4) is 0 Å². The van der Waals surface area contributed by atoms with Crippen LogP contribution in [0.25, 0.3) is 0 Å². The highest BCUT2D eigenvalue weighted by Crippen LogP contribution is 1.86. The largest absolute Gasteiger partial charge is 0.385 e. The van der Waals surface area contributed by atoms with E-state index in [4.69, 9.17) is 5.73 Å². The lowest BCUT2D eigenvalue weighted by molar-refractivity contribution is 1.48. The van der Waals surface area contributed by atoms with E-state index in [1.54, 1.807) is 0 Å². The van der Waals surface area contributed by atoms with Crippen LogP contribution in [0.15, 0.2) is 0 Å². The van der Waals surface area contributed by atoms with Gasteiger partial charge in [-0.1, -0.05) is 12.2 Å². The van der Waals surface area contributed by atoms with E-state index < -0.39 is 0 Å². The SMILES string of the molecule is CN.CSC(N)=S. The summed E-state index contributed by atoms with van der Waals surface area (Å²) in [5.41, 5.74) is 9.49. The molecule has 2 nitrogen and oxygen atoms in total. The third-order valence-corrected chi connectivity index (χ3v) is 1.10. The van der Waals surface area contributed by atoms with Crippen molar-refractivity contribution in [2.24, 2.45) is 11.5 Å². The molecule has 0 radical (unpaired) electrons. The molecule has 0 heterocycles. The molecule has 0 bridgehead atoms. The summed E-state index contributed by atoms with van der Waals surface area (Å²) in [7, 11) is 1.50. The summed E-state index contributed by atoms with van der Waals surface area (Å²) in [5, 5.41) is 0. The maximum atomic E-state index is 4.99. The van der Waals surface area contributed by atoms with Crippen molar-refractivity contribution in [1.82, 2.24) is 0 Å². The first kappa shape index (κ1) is 10.2. The summed E-state index contributed by atoms with van der Waals surface area (Å²) in [6, 6.07) is 0. The molecule has 44 valence electrons. The molecule has 0 aromatic rings. The molecule has 0 atom stereocenters. The van der Waals surface area contributed by atoms with Crippen molar-refractivity contribution >= 4 is 28.3 Å². The molecule has 0 aliphatic carbocycles. The third kappa shape index (κ3) is 22.6. The van der Waals surface area contributed by atoms with Gasteiger partial charge < -0.3 is 11.5 Å². The summed E-state index contributed by atoms with van der Waals surface area (Å²) in [5.74, 6) is 0. The molecule has 0 aromatic heterocycles. The summed E-state index contributed by atoms with van der Waals surface area (Å²) in [6.45, 7) is 0. The quantitative estimate of drug-likeness (QED) is 0.468. The normalized spacial score (nSPS) is 6.14. The van der Waals surface area contributed by atoms with Gasteiger partial charge in [0.05, 0.1) is 0 Å². The molecular weight excluding hydrogens is 128 g/mol. The molecular formula is C3H10N2S2. The van der Waals surface area contributed by atoms with Crippen molar-refractivity contribution < 1.29 is 0 Å². The standard InChI is InChI=1S/C2H5NS2.CH5N/c1-5-2(3)4;1-2/h1H3,(H2,3,4);2H2,1H3. The van der Waals surface area contributed by atoms with Crippen molar-refractivity contribution in [1.29, 1.82) is 0 Å². The molecule has 0 amide bonds. The van der Waals surface area contributed by atoms with E-state index in [-0.39, 0.29) is 0 Å². The average molecular weight is 138 g/mol. The van der Waals surface area contributed by atoms with Gasteiger partial charge in [-0.05, 0) is 13.3 Å². The van der Waals surface area contributed by atoms with Gasteiger partial charge in [-0.15, -0.1) is 11.8 Å². The van der Waals surface area contributed by atoms with Crippen LogP contribution in [0.1, 0.15) is 0 Å². The van der Waals surface area contributed by atoms with Crippen LogP contribution in [0.3, 0.4) is 0 Å². The summed E-state index contributed by atoms with van der Waals surface area (Å²) in [6.07, 6.45) is 1.85. The monoisotopic (exact) mass is 138 g/mol. The Morgan fingerprint density at radius 3 is 1.71 bits per heavy atom. The van der Waals surface area contributed by atoms with Crippen LogP contribution in [-0.2, 0) is 0 Å². The molecule has 0 unspecified atom stereocenters. The van der Waals surface area contributed by atoms with E-state index in [1.165, 1.54) is 18.8 Å². The highest BCUT2D eigenvalue weighted by atomic mass is 32.2. The molecule has 0 saturated heterocycles. The van der Waals surface area contributed by atoms with Crippen LogP contribution < -0.4 is 11.5 Å². The topological polar surface area (TPSA) is 52.0 Å². The van der Waals surface area contributed by atoms with Gasteiger partial charge in [-0.2, -0.15) is 0 Å². The fourth-order valence-electron chi connectivity index (χ4n) is 0. The summed E-state index contributed by atoms with van der Waals surface area (Å²) in [4.78, 5) is 0. The highest BCUT2D eigenvalue weighted by molar-refractivity contribution is 8.22. The first-order valence-corrected chi connectivity index (χ1v) is 3.32. The van der Waals surface area contributed by atoms with Gasteiger partial charge in [0.25, 0.3) is 0 Å². The Morgan fingerprint density at radius 1 is 1.57 bits per heavy atom. The number of hydrogen-bond acceptors (Lipinski definition) is 3. The Morgan fingerprint density at radius 2 is 1.71 bits per heavy atom. The number of thioether (sulfide) groups is 1. The molecule has 4 heteroatoms. The molecule has 0 saturated carbocycles. The van der Waals surface area contributed by atoms with Crippen LogP contribution >= 0.6 is 24.0 Å². The molecule has 7 heavy (non-hydrogen) atoms. The second kappa shape index (κ2) is 9.50. The van der Waals surface area contributed by atoms with E-state index in [0.29, 0.717) is 4.32 Å². The van der Waals surface area contributed by atoms with Crippen molar-refractivity contribution in [2.45, 2.75) is 0 Å². The highest BCUT2D eigenvalue weighted by Gasteiger charge is 1.71. The first-order chi connectivity index (χ1) is 3.27. The van der Waals surface area contributed by atoms with Crippen molar-refractivity contribution in [3.05, 3.63) is 0 Å². The van der Waals surface area contributed by atoms with Gasteiger partial charge in [0.15, 0.2) is 0 Å². The second-order valence-corrected chi connectivity index (χ2v) is 2.07. The van der Waals surface area contributed by atoms with Crippen LogP contribution in [-0.4, -0.2) is 17.6 Å². The van der Waals surface area contributed by atoms with Gasteiger partial charge in [0, 0.05) is 0 Å². The van der Waals surface area contributed by atoms with E-state index in [2.05, 4.69) is 18.0 Å². The van der Waals surface area contributed by atoms with Crippen LogP contribution in [0.4, 0.5) is 0 Å². The van der Waals surface area contributed by atoms with E-state index >= 15 is 0 Å². The minimum Gasteiger partial charge on any atom is -0.385 e. The van der Waals surface area contributed by atoms with Crippen LogP contribution in [0.5, 0.6) is 0 Å². The minimum absolute atomic E-state index is 0.505. The molecule has 0 aliphatic rings. The molecule has 4 N–H and O–H groups in total. The second-order valence-electron chi connectivity index (χ2n) is 0.523. The average Bonchev–Trinajstić information content (AvgIpc) is 1.73. The van der Waals surface area contributed by atoms with Gasteiger partial charge in [-0.3, -0.25) is 0 Å². The maximum absolute atomic E-state index is 4.99. The molecule has 0 aliphatic heterocycles. The zero-order chi connectivity index (χ0) is 6.28. The Balaban J connectivity index is 0. The van der Waals surface area contributed by atoms with Gasteiger partial charge in [0.2, 0.25) is 0 Å². The smallest absolute Gasteiger partial charge is 0.130 e. The lowest BCUT2D eigenvalue weighted by Gasteiger charge is -1.78. The first-order valence-electron chi connectivity index (χ1n) is 1.68. The zero-order valence-corrected chi connectivity index (χ0v) is 6.10. The lowest BCUT2D eigenvalue weighted by atomic mass is 11.5. The minimum atomic E-state index is 0.505. The summed E-state index contributed by atoms with van der Waals surface area (Å²) >= 11 is 5.83. The number of nitrogens with two attached hydrogens (primary N) is 2. The predicted molar refractivity (Wildman–Crippen MR) is 40.4 cm³/mol. The Labute approximate surface area is 53.6 Å². The Kier molecular flexibility index (Phi) is 13.9. The van der Waals surface area contributed by atoms with E-state index in [9.17, 15) is 0 Å². The van der Waals surface area contributed by atoms with Gasteiger partial charge >= 0.3 is 0 Å². The predicted octanol–water partition coefficient (Wildman–Crippen LogP) is 0.168. The van der Waals surface area contributed by atoms with Crippen molar-refractivity contribution in [2.75, 3.05) is 13.3 Å². The number of rotatable bonds is 0. The fraction of sp³-hybridized carbons (Fsp3) is 0.667. The maximum Gasteiger partial charge on any atom is 0.130 e. The number of thiocarbonyl (C=S) groups is 1. The van der Waals surface area contributed by atoms with E-state index in [0.717, 1.165) is 0 Å². The van der Waals surface area contributed by atoms with Gasteiger partial charge in [-0.25, -0.2) is 0 Å². The Hall–Kier alpha value is 0.200. The molecule has 0 rings (SSSR count). The van der Waals surface area contributed by atoms with E-state index in [1.807, 2.05) is 6.26 Å². The molecule has 0 spiro atoms. The lowest BCUT2D eigenvalue weighted by Crippen LogP contribution is -1.98. The van der Waals surface area contributed by atoms with Crippen LogP contribution in [0.2, 0.25) is 0 Å². The number of hydrogen-bond donors (Lipinski definition) is 2. The van der Waals surface area contributed by atoms with Gasteiger partial charge in [0.1, 0.15) is 4.32 Å². The molecule has 0 fully saturated rings. The summed E-state index contributed by atoms with van der Waals surface area (Å²) < 4.78 is 0.505. The zero-order valence-electron chi connectivity index (χ0n) is 4.47. The third-order valence-electron chi connectivity index (χ3n) is 0.201.